The van der Waals surface area contributed by atoms with E-state index in [0.717, 1.165) is 42.5 Å². The first-order valence-electron chi connectivity index (χ1n) is 10.8. The van der Waals surface area contributed by atoms with Crippen LogP contribution < -0.4 is 0 Å². The summed E-state index contributed by atoms with van der Waals surface area (Å²) >= 11 is 0. The Kier molecular flexibility index (Phi) is 6.20. The average molecular weight is 422 g/mol. The number of rotatable bonds is 7. The summed E-state index contributed by atoms with van der Waals surface area (Å²) in [5, 5.41) is 15.6. The van der Waals surface area contributed by atoms with Crippen molar-refractivity contribution < 1.29 is 23.6 Å². The maximum absolute atomic E-state index is 13.4. The highest BCUT2D eigenvalue weighted by atomic mass is 16.6. The smallest absolute Gasteiger partial charge is 0.348 e. The first-order valence-corrected chi connectivity index (χ1v) is 10.8. The van der Waals surface area contributed by atoms with Crippen LogP contribution in [0.2, 0.25) is 0 Å². The Morgan fingerprint density at radius 1 is 1.13 bits per heavy atom. The van der Waals surface area contributed by atoms with Gasteiger partial charge in [0.2, 0.25) is 5.60 Å². The molecule has 6 heteroatoms. The third kappa shape index (κ3) is 4.70. The summed E-state index contributed by atoms with van der Waals surface area (Å²) in [6.07, 6.45) is 3.91. The zero-order chi connectivity index (χ0) is 21.7. The van der Waals surface area contributed by atoms with Gasteiger partial charge in [-0.3, -0.25) is 0 Å². The predicted molar refractivity (Wildman–Crippen MR) is 116 cm³/mol. The van der Waals surface area contributed by atoms with Crippen molar-refractivity contribution in [2.75, 3.05) is 26.7 Å². The van der Waals surface area contributed by atoms with Crippen molar-refractivity contribution >= 4 is 5.97 Å². The van der Waals surface area contributed by atoms with Crippen molar-refractivity contribution in [1.82, 2.24) is 5.16 Å². The molecular formula is C25H29N2O4+. The van der Waals surface area contributed by atoms with E-state index in [-0.39, 0.29) is 6.10 Å². The molecule has 4 rings (SSSR count). The van der Waals surface area contributed by atoms with E-state index in [1.54, 1.807) is 30.5 Å². The SMILES string of the molecule is C[N@+]1(CCc2ccon2)CCCC(OC(=O)C(O)(c2ccccc2)c2ccccc2)C1. The van der Waals surface area contributed by atoms with Gasteiger partial charge in [-0.25, -0.2) is 4.79 Å². The molecular weight excluding hydrogens is 392 g/mol. The van der Waals surface area contributed by atoms with Crippen molar-refractivity contribution in [3.8, 4) is 0 Å². The van der Waals surface area contributed by atoms with Crippen LogP contribution in [0, 0.1) is 0 Å². The number of ether oxygens (including phenoxy) is 1. The van der Waals surface area contributed by atoms with Crippen molar-refractivity contribution in [3.05, 3.63) is 89.8 Å². The van der Waals surface area contributed by atoms with Crippen LogP contribution in [-0.2, 0) is 21.6 Å². The van der Waals surface area contributed by atoms with Gasteiger partial charge in [0.15, 0.2) is 6.10 Å². The molecule has 0 saturated carbocycles. The number of quaternary nitrogens is 1. The molecule has 0 radical (unpaired) electrons. The molecule has 0 aliphatic carbocycles. The minimum atomic E-state index is -1.84. The van der Waals surface area contributed by atoms with Gasteiger partial charge in [-0.05, 0) is 17.5 Å². The summed E-state index contributed by atoms with van der Waals surface area (Å²) in [5.74, 6) is -0.625. The topological polar surface area (TPSA) is 72.6 Å². The molecule has 162 valence electrons. The van der Waals surface area contributed by atoms with E-state index in [1.165, 1.54) is 0 Å². The number of hydrogen-bond donors (Lipinski definition) is 1. The third-order valence-electron chi connectivity index (χ3n) is 6.22. The second-order valence-electron chi connectivity index (χ2n) is 8.60. The minimum absolute atomic E-state index is 0.248. The number of carbonyl (C=O) groups excluding carboxylic acids is 1. The fraction of sp³-hybridized carbons (Fsp3) is 0.360. The number of esters is 1. The zero-order valence-corrected chi connectivity index (χ0v) is 17.8. The standard InChI is InChI=1S/C25H29N2O4/c1-27(17-14-22-15-18-30-26-22)16-8-13-23(19-27)31-24(28)25(29,20-9-4-2-5-10-20)21-11-6-3-7-12-21/h2-7,9-12,15,18,23,29H,8,13-14,16-17,19H2,1H3/q+1/t23?,27-/m1/s1. The number of aromatic nitrogens is 1. The van der Waals surface area contributed by atoms with Crippen LogP contribution in [0.3, 0.4) is 0 Å². The summed E-state index contributed by atoms with van der Waals surface area (Å²) < 4.78 is 11.7. The number of likely N-dealkylation sites (tertiary alicyclic amines) is 1. The molecule has 1 aliphatic heterocycles. The Bertz CT molecular complexity index is 936. The highest BCUT2D eigenvalue weighted by Crippen LogP contribution is 2.32. The summed E-state index contributed by atoms with van der Waals surface area (Å²) in [6, 6.07) is 19.9. The Morgan fingerprint density at radius 3 is 2.35 bits per heavy atom. The van der Waals surface area contributed by atoms with Crippen LogP contribution >= 0.6 is 0 Å². The van der Waals surface area contributed by atoms with Crippen molar-refractivity contribution in [3.63, 3.8) is 0 Å². The average Bonchev–Trinajstić information content (AvgIpc) is 3.32. The van der Waals surface area contributed by atoms with Crippen LogP contribution in [0.1, 0.15) is 29.7 Å². The third-order valence-corrected chi connectivity index (χ3v) is 6.22. The molecule has 2 atom stereocenters. The number of nitrogens with zero attached hydrogens (tertiary/aromatic N) is 2. The van der Waals surface area contributed by atoms with Gasteiger partial charge in [-0.2, -0.15) is 0 Å². The van der Waals surface area contributed by atoms with Gasteiger partial charge in [-0.15, -0.1) is 0 Å². The van der Waals surface area contributed by atoms with E-state index in [1.807, 2.05) is 42.5 Å². The number of carbonyl (C=O) groups is 1. The highest BCUT2D eigenvalue weighted by molar-refractivity contribution is 5.85. The van der Waals surface area contributed by atoms with Crippen molar-refractivity contribution in [1.29, 1.82) is 0 Å². The van der Waals surface area contributed by atoms with E-state index in [2.05, 4.69) is 12.2 Å². The Balaban J connectivity index is 1.50. The summed E-state index contributed by atoms with van der Waals surface area (Å²) in [6.45, 7) is 2.62. The molecule has 2 aromatic carbocycles. The summed E-state index contributed by atoms with van der Waals surface area (Å²) in [7, 11) is 2.18. The van der Waals surface area contributed by atoms with Crippen LogP contribution in [0.5, 0.6) is 0 Å². The molecule has 3 aromatic rings. The molecule has 2 heterocycles. The second-order valence-corrected chi connectivity index (χ2v) is 8.60. The number of aliphatic hydroxyl groups is 1. The maximum Gasteiger partial charge on any atom is 0.348 e. The van der Waals surface area contributed by atoms with Gasteiger partial charge in [0.25, 0.3) is 0 Å². The summed E-state index contributed by atoms with van der Waals surface area (Å²) in [5.41, 5.74) is 0.0981. The van der Waals surface area contributed by atoms with Gasteiger partial charge >= 0.3 is 5.97 Å². The monoisotopic (exact) mass is 421 g/mol. The van der Waals surface area contributed by atoms with Crippen molar-refractivity contribution in [2.45, 2.75) is 31.0 Å². The van der Waals surface area contributed by atoms with E-state index in [9.17, 15) is 9.90 Å². The minimum Gasteiger partial charge on any atom is -0.454 e. The lowest BCUT2D eigenvalue weighted by Crippen LogP contribution is -2.55. The normalized spacial score (nSPS) is 21.5. The molecule has 0 amide bonds. The molecule has 1 aliphatic rings. The highest BCUT2D eigenvalue weighted by Gasteiger charge is 2.44. The largest absolute Gasteiger partial charge is 0.454 e. The summed E-state index contributed by atoms with van der Waals surface area (Å²) in [4.78, 5) is 13.4. The lowest BCUT2D eigenvalue weighted by atomic mass is 9.86. The quantitative estimate of drug-likeness (QED) is 0.468. The Labute approximate surface area is 182 Å². The molecule has 0 bridgehead atoms. The molecule has 31 heavy (non-hydrogen) atoms. The lowest BCUT2D eigenvalue weighted by Gasteiger charge is -2.41. The van der Waals surface area contributed by atoms with Crippen LogP contribution in [0.15, 0.2) is 77.5 Å². The molecule has 1 fully saturated rings. The zero-order valence-electron chi connectivity index (χ0n) is 17.8. The van der Waals surface area contributed by atoms with Crippen LogP contribution in [-0.4, -0.2) is 53.5 Å². The Hall–Kier alpha value is -2.96. The molecule has 1 N–H and O–H groups in total. The van der Waals surface area contributed by atoms with E-state index in [4.69, 9.17) is 9.26 Å². The first-order chi connectivity index (χ1) is 15.0. The molecule has 6 nitrogen and oxygen atoms in total. The van der Waals surface area contributed by atoms with Gasteiger partial charge in [0, 0.05) is 18.9 Å². The molecule has 0 spiro atoms. The van der Waals surface area contributed by atoms with Crippen LogP contribution in [0.25, 0.3) is 0 Å². The Morgan fingerprint density at radius 2 is 1.77 bits per heavy atom. The first kappa shape index (κ1) is 21.3. The van der Waals surface area contributed by atoms with Gasteiger partial charge in [-0.1, -0.05) is 65.8 Å². The van der Waals surface area contributed by atoms with Crippen molar-refractivity contribution in [2.24, 2.45) is 0 Å². The van der Waals surface area contributed by atoms with Gasteiger partial charge in [0.1, 0.15) is 12.8 Å². The molecule has 1 unspecified atom stereocenters. The number of likely N-dealkylation sites (N-methyl/N-ethyl adjacent to an activating group) is 1. The van der Waals surface area contributed by atoms with Gasteiger partial charge < -0.3 is 18.8 Å². The van der Waals surface area contributed by atoms with Gasteiger partial charge in [0.05, 0.1) is 25.8 Å². The molecule has 1 saturated heterocycles. The van der Waals surface area contributed by atoms with E-state index >= 15 is 0 Å². The lowest BCUT2D eigenvalue weighted by molar-refractivity contribution is -0.916. The number of hydrogen-bond acceptors (Lipinski definition) is 5. The second kappa shape index (κ2) is 9.04. The maximum atomic E-state index is 13.4. The van der Waals surface area contributed by atoms with Crippen LogP contribution in [0.4, 0.5) is 0 Å². The fourth-order valence-corrected chi connectivity index (χ4v) is 4.42. The number of benzene rings is 2. The number of piperidine rings is 1. The van der Waals surface area contributed by atoms with E-state index in [0.29, 0.717) is 17.7 Å². The molecule has 1 aromatic heterocycles. The van der Waals surface area contributed by atoms with E-state index < -0.39 is 11.6 Å². The predicted octanol–water partition coefficient (Wildman–Crippen LogP) is 3.31. The fourth-order valence-electron chi connectivity index (χ4n) is 4.42.